The number of hydrogen-bond acceptors (Lipinski definition) is 2. The molecule has 0 spiro atoms. The summed E-state index contributed by atoms with van der Waals surface area (Å²) < 4.78 is 16.1. The highest BCUT2D eigenvalue weighted by Crippen LogP contribution is 2.37. The predicted octanol–water partition coefficient (Wildman–Crippen LogP) is 6.35. The molecular weight excluding hydrogens is 440 g/mol. The Labute approximate surface area is 150 Å². The number of halogens is 4. The first-order valence-corrected chi connectivity index (χ1v) is 9.41. The van der Waals surface area contributed by atoms with E-state index in [9.17, 15) is 4.39 Å². The summed E-state index contributed by atoms with van der Waals surface area (Å²) in [6.45, 7) is 3.00. The lowest BCUT2D eigenvalue weighted by atomic mass is 10.0. The Balaban J connectivity index is 2.28. The van der Waals surface area contributed by atoms with Crippen LogP contribution in [0.25, 0.3) is 0 Å². The lowest BCUT2D eigenvalue weighted by Gasteiger charge is -2.19. The minimum atomic E-state index is -0.215. The smallest absolute Gasteiger partial charge is 0.126 e. The van der Waals surface area contributed by atoms with E-state index in [4.69, 9.17) is 11.6 Å². The van der Waals surface area contributed by atoms with E-state index in [1.54, 1.807) is 23.5 Å². The van der Waals surface area contributed by atoms with Crippen LogP contribution in [0.15, 0.2) is 31.8 Å². The van der Waals surface area contributed by atoms with E-state index in [0.29, 0.717) is 17.0 Å². The van der Waals surface area contributed by atoms with E-state index in [1.165, 1.54) is 6.07 Å². The molecule has 2 rings (SSSR count). The van der Waals surface area contributed by atoms with Crippen molar-refractivity contribution in [3.63, 3.8) is 0 Å². The molecule has 21 heavy (non-hydrogen) atoms. The Morgan fingerprint density at radius 1 is 1.33 bits per heavy atom. The molecule has 114 valence electrons. The van der Waals surface area contributed by atoms with Gasteiger partial charge in [0, 0.05) is 11.1 Å². The highest BCUT2D eigenvalue weighted by molar-refractivity contribution is 9.12. The third-order valence-electron chi connectivity index (χ3n) is 3.13. The van der Waals surface area contributed by atoms with Crippen LogP contribution in [0.2, 0.25) is 5.02 Å². The Bertz CT molecular complexity index is 618. The molecule has 0 aliphatic heterocycles. The number of benzene rings is 1. The first-order chi connectivity index (χ1) is 10.0. The van der Waals surface area contributed by atoms with Gasteiger partial charge in [0.25, 0.3) is 0 Å². The van der Waals surface area contributed by atoms with E-state index < -0.39 is 0 Å². The van der Waals surface area contributed by atoms with Crippen molar-refractivity contribution in [3.8, 4) is 0 Å². The number of rotatable bonds is 6. The summed E-state index contributed by atoms with van der Waals surface area (Å²) in [4.78, 5) is 0. The SMILES string of the molecule is CCCNC(Cc1cc(Cl)ccc1F)c1cc(Br)sc1Br. The minimum Gasteiger partial charge on any atom is -0.310 e. The lowest BCUT2D eigenvalue weighted by Crippen LogP contribution is -2.24. The summed E-state index contributed by atoms with van der Waals surface area (Å²) in [7, 11) is 0. The number of hydrogen-bond donors (Lipinski definition) is 1. The Hall–Kier alpha value is 0.0600. The molecule has 1 aromatic carbocycles. The topological polar surface area (TPSA) is 12.0 Å². The predicted molar refractivity (Wildman–Crippen MR) is 95.9 cm³/mol. The van der Waals surface area contributed by atoms with Crippen LogP contribution >= 0.6 is 54.8 Å². The maximum atomic E-state index is 14.0. The van der Waals surface area contributed by atoms with Crippen molar-refractivity contribution in [3.05, 3.63) is 53.8 Å². The van der Waals surface area contributed by atoms with E-state index in [-0.39, 0.29) is 11.9 Å². The van der Waals surface area contributed by atoms with Crippen LogP contribution < -0.4 is 5.32 Å². The van der Waals surface area contributed by atoms with Gasteiger partial charge in [0.15, 0.2) is 0 Å². The van der Waals surface area contributed by atoms with Crippen molar-refractivity contribution in [2.75, 3.05) is 6.54 Å². The molecule has 0 bridgehead atoms. The molecular formula is C15H15Br2ClFNS. The van der Waals surface area contributed by atoms with Gasteiger partial charge in [-0.2, -0.15) is 0 Å². The summed E-state index contributed by atoms with van der Waals surface area (Å²) in [5.74, 6) is -0.215. The molecule has 0 saturated carbocycles. The van der Waals surface area contributed by atoms with Crippen LogP contribution in [0.1, 0.15) is 30.5 Å². The zero-order valence-corrected chi connectivity index (χ0v) is 16.2. The maximum absolute atomic E-state index is 14.0. The molecule has 1 atom stereocenters. The van der Waals surface area contributed by atoms with Gasteiger partial charge < -0.3 is 5.32 Å². The first-order valence-electron chi connectivity index (χ1n) is 6.63. The fourth-order valence-corrected chi connectivity index (χ4v) is 5.29. The van der Waals surface area contributed by atoms with E-state index in [1.807, 2.05) is 0 Å². The van der Waals surface area contributed by atoms with Crippen LogP contribution in [-0.4, -0.2) is 6.54 Å². The summed E-state index contributed by atoms with van der Waals surface area (Å²) in [5, 5.41) is 4.04. The second-order valence-electron chi connectivity index (χ2n) is 4.73. The van der Waals surface area contributed by atoms with Gasteiger partial charge in [-0.1, -0.05) is 18.5 Å². The Morgan fingerprint density at radius 3 is 2.71 bits per heavy atom. The van der Waals surface area contributed by atoms with Gasteiger partial charge in [0.2, 0.25) is 0 Å². The molecule has 0 saturated heterocycles. The zero-order valence-electron chi connectivity index (χ0n) is 11.4. The van der Waals surface area contributed by atoms with Gasteiger partial charge in [0.05, 0.1) is 7.57 Å². The first kappa shape index (κ1) is 17.4. The van der Waals surface area contributed by atoms with Gasteiger partial charge in [-0.3, -0.25) is 0 Å². The molecule has 1 N–H and O–H groups in total. The summed E-state index contributed by atoms with van der Waals surface area (Å²) in [5.41, 5.74) is 1.77. The fraction of sp³-hybridized carbons (Fsp3) is 0.333. The third-order valence-corrected chi connectivity index (χ3v) is 5.75. The van der Waals surface area contributed by atoms with Crippen molar-refractivity contribution < 1.29 is 4.39 Å². The fourth-order valence-electron chi connectivity index (χ4n) is 2.12. The van der Waals surface area contributed by atoms with Crippen LogP contribution in [-0.2, 0) is 6.42 Å². The summed E-state index contributed by atoms with van der Waals surface area (Å²) in [6, 6.07) is 6.83. The Kier molecular flexibility index (Phi) is 6.69. The second-order valence-corrected chi connectivity index (χ2v) is 8.91. The normalized spacial score (nSPS) is 12.6. The average Bonchev–Trinajstić information content (AvgIpc) is 2.77. The van der Waals surface area contributed by atoms with Gasteiger partial charge in [-0.05, 0) is 86.6 Å². The van der Waals surface area contributed by atoms with Crippen LogP contribution in [0.4, 0.5) is 4.39 Å². The molecule has 1 aromatic heterocycles. The zero-order chi connectivity index (χ0) is 15.4. The second kappa shape index (κ2) is 8.06. The highest BCUT2D eigenvalue weighted by atomic mass is 79.9. The van der Waals surface area contributed by atoms with Gasteiger partial charge in [0.1, 0.15) is 5.82 Å². The average molecular weight is 456 g/mol. The molecule has 1 nitrogen and oxygen atoms in total. The molecule has 1 unspecified atom stereocenters. The largest absolute Gasteiger partial charge is 0.310 e. The van der Waals surface area contributed by atoms with Gasteiger partial charge >= 0.3 is 0 Å². The van der Waals surface area contributed by atoms with E-state index in [0.717, 1.165) is 26.1 Å². The molecule has 2 aromatic rings. The summed E-state index contributed by atoms with van der Waals surface area (Å²) in [6.07, 6.45) is 1.59. The maximum Gasteiger partial charge on any atom is 0.126 e. The van der Waals surface area contributed by atoms with Gasteiger partial charge in [-0.25, -0.2) is 4.39 Å². The monoisotopic (exact) mass is 453 g/mol. The lowest BCUT2D eigenvalue weighted by molar-refractivity contribution is 0.513. The van der Waals surface area contributed by atoms with Crippen LogP contribution in [0.3, 0.4) is 0 Å². The third kappa shape index (κ3) is 4.76. The molecule has 0 amide bonds. The van der Waals surface area contributed by atoms with Gasteiger partial charge in [-0.15, -0.1) is 11.3 Å². The quantitative estimate of drug-likeness (QED) is 0.535. The molecule has 0 radical (unpaired) electrons. The number of nitrogens with one attached hydrogen (secondary N) is 1. The van der Waals surface area contributed by atoms with E-state index in [2.05, 4.69) is 50.2 Å². The van der Waals surface area contributed by atoms with Crippen LogP contribution in [0.5, 0.6) is 0 Å². The molecule has 6 heteroatoms. The standard InChI is InChI=1S/C15H15Br2ClFNS/c1-2-5-20-13(11-8-14(16)21-15(11)17)7-9-6-10(18)3-4-12(9)19/h3-4,6,8,13,20H,2,5,7H2,1H3. The number of thiophene rings is 1. The minimum absolute atomic E-state index is 0.0508. The van der Waals surface area contributed by atoms with Crippen molar-refractivity contribution in [2.24, 2.45) is 0 Å². The van der Waals surface area contributed by atoms with Crippen molar-refractivity contribution >= 4 is 54.8 Å². The summed E-state index contributed by atoms with van der Waals surface area (Å²) >= 11 is 14.7. The molecule has 0 aliphatic rings. The van der Waals surface area contributed by atoms with Crippen molar-refractivity contribution in [2.45, 2.75) is 25.8 Å². The molecule has 1 heterocycles. The van der Waals surface area contributed by atoms with E-state index >= 15 is 0 Å². The molecule has 0 fully saturated rings. The van der Waals surface area contributed by atoms with Crippen molar-refractivity contribution in [1.82, 2.24) is 5.32 Å². The Morgan fingerprint density at radius 2 is 2.10 bits per heavy atom. The van der Waals surface area contributed by atoms with Crippen LogP contribution in [0, 0.1) is 5.82 Å². The highest BCUT2D eigenvalue weighted by Gasteiger charge is 2.19. The molecule has 0 aliphatic carbocycles. The van der Waals surface area contributed by atoms with Crippen molar-refractivity contribution in [1.29, 1.82) is 0 Å².